The Morgan fingerprint density at radius 1 is 0.608 bits per heavy atom. The van der Waals surface area contributed by atoms with Gasteiger partial charge in [0.15, 0.2) is 12.6 Å². The summed E-state index contributed by atoms with van der Waals surface area (Å²) < 4.78 is 34.0. The topological polar surface area (TPSA) is 136 Å². The van der Waals surface area contributed by atoms with Crippen molar-refractivity contribution in [2.24, 2.45) is 0 Å². The second kappa shape index (κ2) is 17.9. The van der Waals surface area contributed by atoms with Crippen LogP contribution in [-0.4, -0.2) is 37.7 Å². The van der Waals surface area contributed by atoms with E-state index in [1.54, 1.807) is 52.0 Å². The number of fused-ring (bicyclic) bond motifs is 4. The second-order valence-corrected chi connectivity index (χ2v) is 12.0. The normalized spacial score (nSPS) is 14.5. The quantitative estimate of drug-likeness (QED) is 0.127. The van der Waals surface area contributed by atoms with Gasteiger partial charge in [-0.25, -0.2) is 0 Å². The van der Waals surface area contributed by atoms with Gasteiger partial charge in [0.25, 0.3) is 0 Å². The van der Waals surface area contributed by atoms with E-state index in [9.17, 15) is 19.8 Å². The Morgan fingerprint density at radius 3 is 1.33 bits per heavy atom. The van der Waals surface area contributed by atoms with Gasteiger partial charge in [-0.15, -0.1) is 0 Å². The summed E-state index contributed by atoms with van der Waals surface area (Å²) in [5.41, 5.74) is 4.55. The molecule has 2 aliphatic heterocycles. The Hall–Kier alpha value is -4.05. The molecule has 0 N–H and O–H groups in total. The van der Waals surface area contributed by atoms with Crippen LogP contribution in [-0.2, 0) is 52.9 Å². The van der Waals surface area contributed by atoms with E-state index in [1.807, 2.05) is 62.4 Å². The minimum Gasteiger partial charge on any atom is -0.545 e. The monoisotopic (exact) mass is 877 g/mol. The second-order valence-electron chi connectivity index (χ2n) is 12.0. The number of hydrogen-bond donors (Lipinski definition) is 0. The number of carboxylic acids is 2. The first kappa shape index (κ1) is 39.7. The molecule has 2 aliphatic rings. The molecule has 0 spiro atoms. The Balaban J connectivity index is 0.000000224. The van der Waals surface area contributed by atoms with Crippen molar-refractivity contribution in [1.29, 1.82) is 0 Å². The fourth-order valence-electron chi connectivity index (χ4n) is 6.38. The van der Waals surface area contributed by atoms with E-state index in [2.05, 4.69) is 0 Å². The predicted molar refractivity (Wildman–Crippen MR) is 181 cm³/mol. The van der Waals surface area contributed by atoms with Crippen LogP contribution in [0.25, 0.3) is 0 Å². The van der Waals surface area contributed by atoms with Crippen molar-refractivity contribution in [2.45, 2.75) is 79.2 Å². The van der Waals surface area contributed by atoms with Crippen LogP contribution in [0, 0.1) is 0 Å². The van der Waals surface area contributed by atoms with Gasteiger partial charge in [0.2, 0.25) is 0 Å². The summed E-state index contributed by atoms with van der Waals surface area (Å²) in [6, 6.07) is 22.2. The Morgan fingerprint density at radius 2 is 0.980 bits per heavy atom. The van der Waals surface area contributed by atoms with Crippen LogP contribution < -0.4 is 19.7 Å². The van der Waals surface area contributed by atoms with Crippen molar-refractivity contribution < 1.29 is 69.3 Å². The van der Waals surface area contributed by atoms with Gasteiger partial charge in [-0.2, -0.15) is 0 Å². The zero-order valence-electron chi connectivity index (χ0n) is 29.5. The summed E-state index contributed by atoms with van der Waals surface area (Å²) in [6.07, 6.45) is -0.786. The molecule has 11 heteroatoms. The molecule has 4 aromatic rings. The molecule has 0 saturated carbocycles. The van der Waals surface area contributed by atoms with E-state index < -0.39 is 36.7 Å². The van der Waals surface area contributed by atoms with Crippen LogP contribution >= 0.6 is 0 Å². The van der Waals surface area contributed by atoms with Crippen LogP contribution in [0.2, 0.25) is 0 Å². The molecule has 0 amide bonds. The third-order valence-corrected chi connectivity index (χ3v) is 8.60. The standard InChI is InChI=1S/2C20H22O5.Pt/c2*1-4-23-13(3)24-12(2)15-9-10-18-16(19(15)20(21)22)11-14-7-5-6-8-17(14)25-18;/h2*5-10,12-13H,4,11H2,1-3H3,(H,21,22);/q;;+2/p-2. The molecule has 272 valence electrons. The van der Waals surface area contributed by atoms with Gasteiger partial charge < -0.3 is 48.2 Å². The van der Waals surface area contributed by atoms with Crippen LogP contribution in [0.4, 0.5) is 0 Å². The van der Waals surface area contributed by atoms with Crippen molar-refractivity contribution in [1.82, 2.24) is 0 Å². The molecule has 4 aromatic carbocycles. The summed E-state index contributed by atoms with van der Waals surface area (Å²) in [7, 11) is 0. The fourth-order valence-corrected chi connectivity index (χ4v) is 6.38. The van der Waals surface area contributed by atoms with E-state index in [1.165, 1.54) is 0 Å². The fraction of sp³-hybridized carbons (Fsp3) is 0.350. The Kier molecular flexibility index (Phi) is 14.0. The Bertz CT molecular complexity index is 1710. The van der Waals surface area contributed by atoms with Crippen molar-refractivity contribution in [3.05, 3.63) is 117 Å². The van der Waals surface area contributed by atoms with Gasteiger partial charge in [0, 0.05) is 48.3 Å². The van der Waals surface area contributed by atoms with E-state index in [0.717, 1.165) is 22.6 Å². The minimum atomic E-state index is -1.23. The first-order valence-electron chi connectivity index (χ1n) is 16.8. The largest absolute Gasteiger partial charge is 2.00 e. The molecule has 0 aromatic heterocycles. The molecular weight excluding hydrogens is 836 g/mol. The summed E-state index contributed by atoms with van der Waals surface area (Å²) >= 11 is 0. The molecule has 4 unspecified atom stereocenters. The first-order valence-corrected chi connectivity index (χ1v) is 16.8. The number of aromatic carboxylic acids is 2. The maximum absolute atomic E-state index is 11.9. The molecule has 0 bridgehead atoms. The van der Waals surface area contributed by atoms with Gasteiger partial charge >= 0.3 is 21.1 Å². The number of rotatable bonds is 12. The average Bonchev–Trinajstić information content (AvgIpc) is 3.08. The van der Waals surface area contributed by atoms with Crippen molar-refractivity contribution in [3.8, 4) is 23.0 Å². The van der Waals surface area contributed by atoms with Crippen LogP contribution in [0.15, 0.2) is 72.8 Å². The molecule has 0 fully saturated rings. The van der Waals surface area contributed by atoms with Crippen molar-refractivity contribution in [2.75, 3.05) is 13.2 Å². The summed E-state index contributed by atoms with van der Waals surface area (Å²) in [5.74, 6) is 0.143. The summed E-state index contributed by atoms with van der Waals surface area (Å²) in [4.78, 5) is 23.7. The number of hydrogen-bond acceptors (Lipinski definition) is 10. The summed E-state index contributed by atoms with van der Waals surface area (Å²) in [5, 5.41) is 23.7. The summed E-state index contributed by atoms with van der Waals surface area (Å²) in [6.45, 7) is 12.0. The van der Waals surface area contributed by atoms with Gasteiger partial charge in [0.05, 0.1) is 24.1 Å². The number of carboxylic acid groups (broad SMARTS) is 2. The van der Waals surface area contributed by atoms with Gasteiger partial charge in [-0.05, 0) is 88.1 Å². The maximum Gasteiger partial charge on any atom is 2.00 e. The maximum atomic E-state index is 11.9. The minimum absolute atomic E-state index is 0. The molecule has 10 nitrogen and oxygen atoms in total. The molecule has 51 heavy (non-hydrogen) atoms. The number of ether oxygens (including phenoxy) is 6. The number of para-hydroxylation sites is 2. The van der Waals surface area contributed by atoms with Gasteiger partial charge in [0.1, 0.15) is 23.0 Å². The Labute approximate surface area is 312 Å². The van der Waals surface area contributed by atoms with Gasteiger partial charge in [-0.1, -0.05) is 48.5 Å². The van der Waals surface area contributed by atoms with Crippen molar-refractivity contribution in [3.63, 3.8) is 0 Å². The van der Waals surface area contributed by atoms with Crippen LogP contribution in [0.3, 0.4) is 0 Å². The molecule has 2 heterocycles. The van der Waals surface area contributed by atoms with E-state index >= 15 is 0 Å². The van der Waals surface area contributed by atoms with E-state index in [-0.39, 0.29) is 32.2 Å². The third kappa shape index (κ3) is 9.25. The smallest absolute Gasteiger partial charge is 0.545 e. The zero-order valence-corrected chi connectivity index (χ0v) is 31.7. The van der Waals surface area contributed by atoms with E-state index in [4.69, 9.17) is 28.4 Å². The predicted octanol–water partition coefficient (Wildman–Crippen LogP) is 6.41. The molecule has 4 atom stereocenters. The third-order valence-electron chi connectivity index (χ3n) is 8.60. The molecule has 6 rings (SSSR count). The number of carbonyl (C=O) groups is 2. The molecule has 0 aliphatic carbocycles. The van der Waals surface area contributed by atoms with E-state index in [0.29, 0.717) is 59.8 Å². The molecular formula is C40H42O10Pt. The van der Waals surface area contributed by atoms with Crippen molar-refractivity contribution >= 4 is 11.9 Å². The number of carbonyl (C=O) groups excluding carboxylic acids is 2. The average molecular weight is 878 g/mol. The SMILES string of the molecule is CCOC(C)OC(C)c1ccc2c(c1C(=O)[O-])Cc1ccccc1O2.CCOC(C)OC(C)c1ccc2c(c1C(=O)[O-])Cc1ccccc1O2.[Pt+2]. The zero-order chi connectivity index (χ0) is 35.9. The van der Waals surface area contributed by atoms with Crippen LogP contribution in [0.5, 0.6) is 23.0 Å². The number of benzene rings is 4. The van der Waals surface area contributed by atoms with Crippen LogP contribution in [0.1, 0.15) is 108 Å². The molecule has 0 saturated heterocycles. The first-order chi connectivity index (χ1) is 24.0. The molecule has 0 radical (unpaired) electrons. The van der Waals surface area contributed by atoms with Gasteiger partial charge in [-0.3, -0.25) is 0 Å².